The molecule has 1 aliphatic rings. The van der Waals surface area contributed by atoms with Crippen LogP contribution in [0.3, 0.4) is 0 Å². The van der Waals surface area contributed by atoms with E-state index in [-0.39, 0.29) is 5.91 Å². The van der Waals surface area contributed by atoms with Gasteiger partial charge in [0, 0.05) is 13.1 Å². The van der Waals surface area contributed by atoms with Crippen LogP contribution in [0.1, 0.15) is 32.6 Å². The Morgan fingerprint density at radius 1 is 1.21 bits per heavy atom. The molecule has 0 radical (unpaired) electrons. The van der Waals surface area contributed by atoms with Crippen molar-refractivity contribution in [2.75, 3.05) is 18.8 Å². The van der Waals surface area contributed by atoms with Crippen molar-refractivity contribution in [3.05, 3.63) is 24.3 Å². The molecule has 2 N–H and O–H groups in total. The monoisotopic (exact) mass is 262 g/mol. The molecule has 1 aromatic carbocycles. The van der Waals surface area contributed by atoms with Gasteiger partial charge in [-0.25, -0.2) is 0 Å². The maximum absolute atomic E-state index is 12.3. The number of nitrogen functional groups attached to an aromatic ring is 1. The molecule has 1 heterocycles. The zero-order chi connectivity index (χ0) is 13.7. The van der Waals surface area contributed by atoms with E-state index in [1.165, 1.54) is 12.8 Å². The molecule has 1 aromatic rings. The number of hydrogen-bond acceptors (Lipinski definition) is 3. The maximum atomic E-state index is 12.3. The van der Waals surface area contributed by atoms with Crippen molar-refractivity contribution >= 4 is 11.6 Å². The fraction of sp³-hybridized carbons (Fsp3) is 0.533. The number of amides is 1. The normalized spacial score (nSPS) is 17.6. The summed E-state index contributed by atoms with van der Waals surface area (Å²) < 4.78 is 5.68. The number of nitrogens with zero attached hydrogens (tertiary/aromatic N) is 1. The second-order valence-electron chi connectivity index (χ2n) is 5.04. The van der Waals surface area contributed by atoms with Crippen LogP contribution in [0.2, 0.25) is 0 Å². The molecule has 1 aliphatic heterocycles. The molecule has 19 heavy (non-hydrogen) atoms. The Morgan fingerprint density at radius 3 is 2.47 bits per heavy atom. The molecule has 0 spiro atoms. The summed E-state index contributed by atoms with van der Waals surface area (Å²) >= 11 is 0. The lowest BCUT2D eigenvalue weighted by molar-refractivity contribution is -0.137. The van der Waals surface area contributed by atoms with Gasteiger partial charge in [0.2, 0.25) is 0 Å². The van der Waals surface area contributed by atoms with Crippen LogP contribution in [0, 0.1) is 0 Å². The maximum Gasteiger partial charge on any atom is 0.263 e. The molecular formula is C15H22N2O2. The van der Waals surface area contributed by atoms with Gasteiger partial charge in [0.05, 0.1) is 5.69 Å². The van der Waals surface area contributed by atoms with Crippen molar-refractivity contribution in [3.8, 4) is 5.75 Å². The van der Waals surface area contributed by atoms with Crippen LogP contribution in [0.5, 0.6) is 5.75 Å². The molecule has 1 amide bonds. The van der Waals surface area contributed by atoms with Gasteiger partial charge < -0.3 is 15.4 Å². The highest BCUT2D eigenvalue weighted by Gasteiger charge is 2.23. The highest BCUT2D eigenvalue weighted by molar-refractivity contribution is 5.81. The van der Waals surface area contributed by atoms with E-state index in [1.54, 1.807) is 19.1 Å². The van der Waals surface area contributed by atoms with Gasteiger partial charge in [-0.1, -0.05) is 25.0 Å². The Kier molecular flexibility index (Phi) is 4.66. The molecule has 1 unspecified atom stereocenters. The van der Waals surface area contributed by atoms with Crippen LogP contribution in [0.15, 0.2) is 24.3 Å². The van der Waals surface area contributed by atoms with Crippen LogP contribution >= 0.6 is 0 Å². The predicted molar refractivity (Wildman–Crippen MR) is 76.0 cm³/mol. The van der Waals surface area contributed by atoms with E-state index < -0.39 is 6.10 Å². The molecule has 0 aliphatic carbocycles. The van der Waals surface area contributed by atoms with E-state index >= 15 is 0 Å². The van der Waals surface area contributed by atoms with Gasteiger partial charge in [-0.3, -0.25) is 4.79 Å². The number of benzene rings is 1. The second-order valence-corrected chi connectivity index (χ2v) is 5.04. The molecule has 4 heteroatoms. The van der Waals surface area contributed by atoms with Crippen LogP contribution in [0.4, 0.5) is 5.69 Å². The first kappa shape index (κ1) is 13.7. The van der Waals surface area contributed by atoms with Crippen LogP contribution in [-0.4, -0.2) is 30.0 Å². The molecule has 2 rings (SSSR count). The second kappa shape index (κ2) is 6.45. The van der Waals surface area contributed by atoms with E-state index in [1.807, 2.05) is 17.0 Å². The number of carbonyl (C=O) groups is 1. The van der Waals surface area contributed by atoms with Gasteiger partial charge in [0.1, 0.15) is 5.75 Å². The Bertz CT molecular complexity index is 426. The SMILES string of the molecule is CC(Oc1ccccc1N)C(=O)N1CCCCCC1. The summed E-state index contributed by atoms with van der Waals surface area (Å²) in [5, 5.41) is 0. The lowest BCUT2D eigenvalue weighted by Gasteiger charge is -2.24. The lowest BCUT2D eigenvalue weighted by atomic mass is 10.2. The number of hydrogen-bond donors (Lipinski definition) is 1. The Morgan fingerprint density at radius 2 is 1.84 bits per heavy atom. The minimum absolute atomic E-state index is 0.0603. The highest BCUT2D eigenvalue weighted by atomic mass is 16.5. The quantitative estimate of drug-likeness (QED) is 0.851. The van der Waals surface area contributed by atoms with Gasteiger partial charge in [0.15, 0.2) is 6.10 Å². The summed E-state index contributed by atoms with van der Waals surface area (Å²) in [4.78, 5) is 14.2. The average molecular weight is 262 g/mol. The van der Waals surface area contributed by atoms with E-state index in [0.717, 1.165) is 25.9 Å². The zero-order valence-corrected chi connectivity index (χ0v) is 11.5. The van der Waals surface area contributed by atoms with E-state index in [4.69, 9.17) is 10.5 Å². The molecular weight excluding hydrogens is 240 g/mol. The zero-order valence-electron chi connectivity index (χ0n) is 11.5. The average Bonchev–Trinajstić information content (AvgIpc) is 2.69. The Hall–Kier alpha value is -1.71. The molecule has 1 saturated heterocycles. The highest BCUT2D eigenvalue weighted by Crippen LogP contribution is 2.22. The summed E-state index contributed by atoms with van der Waals surface area (Å²) in [6, 6.07) is 7.28. The molecule has 0 bridgehead atoms. The number of carbonyl (C=O) groups excluding carboxylic acids is 1. The van der Waals surface area contributed by atoms with Crippen molar-refractivity contribution < 1.29 is 9.53 Å². The lowest BCUT2D eigenvalue weighted by Crippen LogP contribution is -2.41. The first-order valence-electron chi connectivity index (χ1n) is 6.98. The topological polar surface area (TPSA) is 55.6 Å². The molecule has 1 atom stereocenters. The van der Waals surface area contributed by atoms with Crippen LogP contribution < -0.4 is 10.5 Å². The first-order valence-corrected chi connectivity index (χ1v) is 6.98. The number of para-hydroxylation sites is 2. The predicted octanol–water partition coefficient (Wildman–Crippen LogP) is 2.44. The molecule has 104 valence electrons. The summed E-state index contributed by atoms with van der Waals surface area (Å²) in [6.45, 7) is 3.48. The minimum atomic E-state index is -0.484. The number of likely N-dealkylation sites (tertiary alicyclic amines) is 1. The minimum Gasteiger partial charge on any atom is -0.479 e. The standard InChI is InChI=1S/C15H22N2O2/c1-12(19-14-9-5-4-8-13(14)16)15(18)17-10-6-2-3-7-11-17/h4-5,8-9,12H,2-3,6-7,10-11,16H2,1H3. The summed E-state index contributed by atoms with van der Waals surface area (Å²) in [5.41, 5.74) is 6.39. The smallest absolute Gasteiger partial charge is 0.263 e. The Labute approximate surface area is 114 Å². The largest absolute Gasteiger partial charge is 0.479 e. The van der Waals surface area contributed by atoms with Crippen molar-refractivity contribution in [1.82, 2.24) is 4.90 Å². The molecule has 4 nitrogen and oxygen atoms in total. The molecule has 0 saturated carbocycles. The fourth-order valence-electron chi connectivity index (χ4n) is 2.38. The van der Waals surface area contributed by atoms with Crippen molar-refractivity contribution in [3.63, 3.8) is 0 Å². The number of rotatable bonds is 3. The first-order chi connectivity index (χ1) is 9.18. The van der Waals surface area contributed by atoms with Crippen molar-refractivity contribution in [2.24, 2.45) is 0 Å². The van der Waals surface area contributed by atoms with Crippen molar-refractivity contribution in [2.45, 2.75) is 38.7 Å². The summed E-state index contributed by atoms with van der Waals surface area (Å²) in [7, 11) is 0. The van der Waals surface area contributed by atoms with Gasteiger partial charge in [-0.05, 0) is 31.9 Å². The van der Waals surface area contributed by atoms with E-state index in [9.17, 15) is 4.79 Å². The molecule has 1 fully saturated rings. The third-order valence-corrected chi connectivity index (χ3v) is 3.49. The molecule has 0 aromatic heterocycles. The fourth-order valence-corrected chi connectivity index (χ4v) is 2.38. The van der Waals surface area contributed by atoms with E-state index in [0.29, 0.717) is 11.4 Å². The van der Waals surface area contributed by atoms with E-state index in [2.05, 4.69) is 0 Å². The number of ether oxygens (including phenoxy) is 1. The summed E-state index contributed by atoms with van der Waals surface area (Å²) in [6.07, 6.45) is 4.12. The summed E-state index contributed by atoms with van der Waals surface area (Å²) in [5.74, 6) is 0.642. The Balaban J connectivity index is 1.97. The van der Waals surface area contributed by atoms with Gasteiger partial charge >= 0.3 is 0 Å². The van der Waals surface area contributed by atoms with Crippen LogP contribution in [-0.2, 0) is 4.79 Å². The number of anilines is 1. The van der Waals surface area contributed by atoms with Gasteiger partial charge in [-0.2, -0.15) is 0 Å². The van der Waals surface area contributed by atoms with Gasteiger partial charge in [-0.15, -0.1) is 0 Å². The van der Waals surface area contributed by atoms with Crippen molar-refractivity contribution in [1.29, 1.82) is 0 Å². The van der Waals surface area contributed by atoms with Crippen LogP contribution in [0.25, 0.3) is 0 Å². The van der Waals surface area contributed by atoms with Gasteiger partial charge in [0.25, 0.3) is 5.91 Å². The number of nitrogens with two attached hydrogens (primary N) is 1. The third-order valence-electron chi connectivity index (χ3n) is 3.49. The third kappa shape index (κ3) is 3.63.